The number of aromatic nitrogens is 2. The lowest BCUT2D eigenvalue weighted by Gasteiger charge is -2.17. The molecule has 1 heterocycles. The van der Waals surface area contributed by atoms with Crippen LogP contribution in [0.25, 0.3) is 0 Å². The van der Waals surface area contributed by atoms with Crippen LogP contribution in [0.3, 0.4) is 0 Å². The van der Waals surface area contributed by atoms with Crippen LogP contribution < -0.4 is 0 Å². The normalized spacial score (nSPS) is 11.3. The Balaban J connectivity index is 2.22. The Morgan fingerprint density at radius 1 is 1.42 bits per heavy atom. The van der Waals surface area contributed by atoms with Gasteiger partial charge in [-0.25, -0.2) is 0 Å². The summed E-state index contributed by atoms with van der Waals surface area (Å²) in [7, 11) is 1.41. The predicted molar refractivity (Wildman–Crippen MR) is 77.3 cm³/mol. The van der Waals surface area contributed by atoms with Crippen molar-refractivity contribution in [3.8, 4) is 0 Å². The molecule has 0 saturated carbocycles. The third-order valence-corrected chi connectivity index (χ3v) is 3.32. The van der Waals surface area contributed by atoms with Gasteiger partial charge in [-0.2, -0.15) is 18.3 Å². The number of amides is 1. The highest BCUT2D eigenvalue weighted by atomic mass is 19.4. The number of nitrogens with zero attached hydrogens (tertiary/aromatic N) is 4. The fourth-order valence-corrected chi connectivity index (χ4v) is 2.03. The molecule has 0 radical (unpaired) electrons. The summed E-state index contributed by atoms with van der Waals surface area (Å²) in [6.07, 6.45) is -1.49. The van der Waals surface area contributed by atoms with Crippen LogP contribution in [-0.2, 0) is 12.7 Å². The molecule has 1 amide bonds. The van der Waals surface area contributed by atoms with Crippen LogP contribution in [-0.4, -0.2) is 39.1 Å². The fraction of sp³-hybridized carbons (Fsp3) is 0.286. The number of halogens is 3. The number of carbonyl (C=O) groups is 1. The molecule has 128 valence electrons. The van der Waals surface area contributed by atoms with Crippen LogP contribution in [0, 0.1) is 10.1 Å². The van der Waals surface area contributed by atoms with E-state index in [0.29, 0.717) is 18.7 Å². The van der Waals surface area contributed by atoms with Gasteiger partial charge in [0.25, 0.3) is 11.6 Å². The molecule has 0 spiro atoms. The molecule has 0 saturated heterocycles. The minimum Gasteiger partial charge on any atom is -0.340 e. The van der Waals surface area contributed by atoms with E-state index in [2.05, 4.69) is 5.10 Å². The summed E-state index contributed by atoms with van der Waals surface area (Å²) in [6, 6.07) is 3.55. The van der Waals surface area contributed by atoms with E-state index in [-0.39, 0.29) is 6.54 Å². The Kier molecular flexibility index (Phi) is 4.86. The second-order valence-corrected chi connectivity index (χ2v) is 4.98. The minimum absolute atomic E-state index is 0.193. The van der Waals surface area contributed by atoms with Gasteiger partial charge in [-0.15, -0.1) is 0 Å². The molecule has 0 aliphatic heterocycles. The molecule has 7 nitrogen and oxygen atoms in total. The van der Waals surface area contributed by atoms with E-state index in [9.17, 15) is 28.1 Å². The van der Waals surface area contributed by atoms with Crippen molar-refractivity contribution in [3.63, 3.8) is 0 Å². The number of benzene rings is 1. The van der Waals surface area contributed by atoms with E-state index >= 15 is 0 Å². The Hall–Kier alpha value is -2.91. The number of nitro groups is 1. The summed E-state index contributed by atoms with van der Waals surface area (Å²) < 4.78 is 39.6. The number of carbonyl (C=O) groups excluding carboxylic acids is 1. The summed E-state index contributed by atoms with van der Waals surface area (Å²) >= 11 is 0. The van der Waals surface area contributed by atoms with Crippen molar-refractivity contribution in [2.45, 2.75) is 12.7 Å². The maximum Gasteiger partial charge on any atom is 0.416 e. The second-order valence-electron chi connectivity index (χ2n) is 4.98. The zero-order valence-electron chi connectivity index (χ0n) is 12.5. The summed E-state index contributed by atoms with van der Waals surface area (Å²) in [5, 5.41) is 15.0. The van der Waals surface area contributed by atoms with Crippen molar-refractivity contribution in [2.75, 3.05) is 13.6 Å². The first kappa shape index (κ1) is 17.4. The third-order valence-electron chi connectivity index (χ3n) is 3.32. The summed E-state index contributed by atoms with van der Waals surface area (Å²) in [4.78, 5) is 23.5. The molecule has 0 unspecified atom stereocenters. The van der Waals surface area contributed by atoms with Crippen LogP contribution in [0.4, 0.5) is 18.9 Å². The minimum atomic E-state index is -4.72. The molecule has 2 aromatic rings. The lowest BCUT2D eigenvalue weighted by atomic mass is 10.1. The highest BCUT2D eigenvalue weighted by Crippen LogP contribution is 2.33. The smallest absolute Gasteiger partial charge is 0.340 e. The maximum atomic E-state index is 12.7. The van der Waals surface area contributed by atoms with Gasteiger partial charge in [0, 0.05) is 32.1 Å². The Labute approximate surface area is 134 Å². The Morgan fingerprint density at radius 2 is 2.12 bits per heavy atom. The Morgan fingerprint density at radius 3 is 2.67 bits per heavy atom. The number of rotatable bonds is 5. The van der Waals surface area contributed by atoms with Crippen molar-refractivity contribution < 1.29 is 22.9 Å². The summed E-state index contributed by atoms with van der Waals surface area (Å²) in [6.45, 7) is 0.544. The fourth-order valence-electron chi connectivity index (χ4n) is 2.03. The van der Waals surface area contributed by atoms with Crippen LogP contribution in [0.1, 0.15) is 15.9 Å². The highest BCUT2D eigenvalue weighted by molar-refractivity contribution is 5.98. The van der Waals surface area contributed by atoms with E-state index in [4.69, 9.17) is 0 Å². The molecule has 24 heavy (non-hydrogen) atoms. The standard InChI is InChI=1S/C14H13F3N4O3/c1-19(7-8-20-6-2-5-18-20)13(22)11-4-3-10(14(15,16)17)9-12(11)21(23)24/h2-6,9H,7-8H2,1H3. The van der Waals surface area contributed by atoms with Crippen LogP contribution in [0.2, 0.25) is 0 Å². The average Bonchev–Trinajstić information content (AvgIpc) is 3.03. The van der Waals surface area contributed by atoms with E-state index in [1.54, 1.807) is 23.1 Å². The lowest BCUT2D eigenvalue weighted by Crippen LogP contribution is -2.30. The van der Waals surface area contributed by atoms with Gasteiger partial charge in [-0.1, -0.05) is 0 Å². The van der Waals surface area contributed by atoms with E-state index in [1.807, 2.05) is 0 Å². The third kappa shape index (κ3) is 3.89. The van der Waals surface area contributed by atoms with Crippen LogP contribution in [0.5, 0.6) is 0 Å². The van der Waals surface area contributed by atoms with E-state index < -0.39 is 33.8 Å². The lowest BCUT2D eigenvalue weighted by molar-refractivity contribution is -0.385. The quantitative estimate of drug-likeness (QED) is 0.618. The molecule has 0 N–H and O–H groups in total. The van der Waals surface area contributed by atoms with Gasteiger partial charge < -0.3 is 4.90 Å². The van der Waals surface area contributed by atoms with Gasteiger partial charge in [0.15, 0.2) is 0 Å². The molecular weight excluding hydrogens is 329 g/mol. The van der Waals surface area contributed by atoms with Crippen molar-refractivity contribution in [2.24, 2.45) is 0 Å². The van der Waals surface area contributed by atoms with Crippen molar-refractivity contribution in [3.05, 3.63) is 57.9 Å². The number of hydrogen-bond donors (Lipinski definition) is 0. The largest absolute Gasteiger partial charge is 0.416 e. The topological polar surface area (TPSA) is 81.3 Å². The molecule has 0 aliphatic carbocycles. The maximum absolute atomic E-state index is 12.7. The molecular formula is C14H13F3N4O3. The summed E-state index contributed by atoms with van der Waals surface area (Å²) in [5.74, 6) is -0.734. The van der Waals surface area contributed by atoms with Crippen molar-refractivity contribution in [1.29, 1.82) is 0 Å². The van der Waals surface area contributed by atoms with Gasteiger partial charge in [0.2, 0.25) is 0 Å². The monoisotopic (exact) mass is 342 g/mol. The molecule has 1 aromatic heterocycles. The van der Waals surface area contributed by atoms with Gasteiger partial charge in [0.1, 0.15) is 5.56 Å². The number of nitro benzene ring substituents is 1. The van der Waals surface area contributed by atoms with Crippen LogP contribution >= 0.6 is 0 Å². The highest BCUT2D eigenvalue weighted by Gasteiger charge is 2.34. The molecule has 0 aliphatic rings. The molecule has 2 rings (SSSR count). The van der Waals surface area contributed by atoms with E-state index in [1.165, 1.54) is 11.9 Å². The first-order valence-corrected chi connectivity index (χ1v) is 6.78. The number of alkyl halides is 3. The predicted octanol–water partition coefficient (Wildman–Crippen LogP) is 2.58. The zero-order chi connectivity index (χ0) is 17.9. The zero-order valence-corrected chi connectivity index (χ0v) is 12.5. The van der Waals surface area contributed by atoms with Gasteiger partial charge in [0.05, 0.1) is 17.0 Å². The van der Waals surface area contributed by atoms with Crippen LogP contribution in [0.15, 0.2) is 36.7 Å². The second kappa shape index (κ2) is 6.69. The van der Waals surface area contributed by atoms with Gasteiger partial charge in [-0.3, -0.25) is 19.6 Å². The summed E-state index contributed by atoms with van der Waals surface area (Å²) in [5.41, 5.74) is -2.44. The van der Waals surface area contributed by atoms with E-state index in [0.717, 1.165) is 6.07 Å². The first-order chi connectivity index (χ1) is 11.2. The molecule has 1 aromatic carbocycles. The SMILES string of the molecule is CN(CCn1cccn1)C(=O)c1ccc(C(F)(F)F)cc1[N+](=O)[O-]. The molecule has 0 fully saturated rings. The number of likely N-dealkylation sites (N-methyl/N-ethyl adjacent to an activating group) is 1. The molecule has 0 bridgehead atoms. The first-order valence-electron chi connectivity index (χ1n) is 6.78. The van der Waals surface area contributed by atoms with Crippen molar-refractivity contribution in [1.82, 2.24) is 14.7 Å². The Bertz CT molecular complexity index is 744. The van der Waals surface area contributed by atoms with Gasteiger partial charge in [-0.05, 0) is 18.2 Å². The van der Waals surface area contributed by atoms with Gasteiger partial charge >= 0.3 is 6.18 Å². The number of hydrogen-bond acceptors (Lipinski definition) is 4. The molecule has 10 heteroatoms. The average molecular weight is 342 g/mol. The molecule has 0 atom stereocenters. The van der Waals surface area contributed by atoms with Crippen molar-refractivity contribution >= 4 is 11.6 Å².